The summed E-state index contributed by atoms with van der Waals surface area (Å²) in [6.07, 6.45) is 0. The first-order valence-electron chi connectivity index (χ1n) is 21.7. The standard InChI is InChI=1S/C59H35N7/c1-61-51-34-38(37-60)28-31-44(51)41-29-32-54-49(35-41)47-23-12-14-27-53(47)66(54)55-33-30-42(45-24-15-25-48-46-22-11-13-26-52(46)65(56(45)48)43-20-9-4-10-21-43)36-50(55)59-63-57(39-16-5-2-6-17-39)62-58(64-59)40-18-7-3-8-19-40/h2-36H. The first-order chi connectivity index (χ1) is 32.6. The van der Waals surface area contributed by atoms with Crippen molar-refractivity contribution in [1.82, 2.24) is 24.1 Å². The zero-order valence-corrected chi connectivity index (χ0v) is 35.3. The van der Waals surface area contributed by atoms with Crippen molar-refractivity contribution in [3.63, 3.8) is 0 Å². The molecule has 0 aliphatic rings. The van der Waals surface area contributed by atoms with Crippen LogP contribution in [0, 0.1) is 17.9 Å². The third-order valence-corrected chi connectivity index (χ3v) is 12.4. The fraction of sp³-hybridized carbons (Fsp3) is 0. The molecule has 0 N–H and O–H groups in total. The number of hydrogen-bond acceptors (Lipinski definition) is 4. The molecule has 12 rings (SSSR count). The van der Waals surface area contributed by atoms with E-state index in [4.69, 9.17) is 21.5 Å². The monoisotopic (exact) mass is 841 g/mol. The molecule has 0 saturated carbocycles. The Hall–Kier alpha value is -9.43. The van der Waals surface area contributed by atoms with Crippen LogP contribution in [0.5, 0.6) is 0 Å². The second-order valence-corrected chi connectivity index (χ2v) is 16.2. The molecule has 0 saturated heterocycles. The van der Waals surface area contributed by atoms with E-state index in [1.165, 1.54) is 5.39 Å². The lowest BCUT2D eigenvalue weighted by Crippen LogP contribution is -2.04. The number of nitrogens with zero attached hydrogens (tertiary/aromatic N) is 7. The lowest BCUT2D eigenvalue weighted by atomic mass is 9.98. The Bertz CT molecular complexity index is 3890. The summed E-state index contributed by atoms with van der Waals surface area (Å²) in [7, 11) is 0. The van der Waals surface area contributed by atoms with E-state index >= 15 is 0 Å². The van der Waals surface area contributed by atoms with Gasteiger partial charge in [0, 0.05) is 55.0 Å². The van der Waals surface area contributed by atoms with Gasteiger partial charge in [0.2, 0.25) is 0 Å². The van der Waals surface area contributed by atoms with Crippen LogP contribution in [0.25, 0.3) is 116 Å². The van der Waals surface area contributed by atoms with E-state index in [0.29, 0.717) is 28.7 Å². The molecule has 12 aromatic rings. The number of nitriles is 1. The average Bonchev–Trinajstić information content (AvgIpc) is 3.91. The van der Waals surface area contributed by atoms with E-state index in [1.54, 1.807) is 12.1 Å². The maximum atomic E-state index is 9.59. The second-order valence-electron chi connectivity index (χ2n) is 16.2. The van der Waals surface area contributed by atoms with Gasteiger partial charge in [0.1, 0.15) is 0 Å². The van der Waals surface area contributed by atoms with Crippen LogP contribution in [0.15, 0.2) is 212 Å². The molecule has 3 heterocycles. The Labute approximate surface area is 380 Å². The molecule has 0 unspecified atom stereocenters. The van der Waals surface area contributed by atoms with Gasteiger partial charge in [-0.05, 0) is 77.4 Å². The van der Waals surface area contributed by atoms with Crippen molar-refractivity contribution in [1.29, 1.82) is 5.26 Å². The summed E-state index contributed by atoms with van der Waals surface area (Å²) < 4.78 is 4.67. The van der Waals surface area contributed by atoms with Gasteiger partial charge in [-0.25, -0.2) is 19.8 Å². The smallest absolute Gasteiger partial charge is 0.196 e. The molecule has 7 nitrogen and oxygen atoms in total. The summed E-state index contributed by atoms with van der Waals surface area (Å²) in [5.74, 6) is 1.69. The molecule has 306 valence electrons. The Balaban J connectivity index is 1.16. The zero-order valence-electron chi connectivity index (χ0n) is 35.3. The maximum absolute atomic E-state index is 9.59. The molecule has 0 atom stereocenters. The summed E-state index contributed by atoms with van der Waals surface area (Å²) in [5, 5.41) is 14.0. The molecular formula is C59H35N7. The van der Waals surface area contributed by atoms with Crippen molar-refractivity contribution in [2.24, 2.45) is 0 Å². The first-order valence-corrected chi connectivity index (χ1v) is 21.7. The van der Waals surface area contributed by atoms with Gasteiger partial charge < -0.3 is 9.13 Å². The van der Waals surface area contributed by atoms with Crippen LogP contribution >= 0.6 is 0 Å². The normalized spacial score (nSPS) is 11.3. The van der Waals surface area contributed by atoms with Crippen molar-refractivity contribution < 1.29 is 0 Å². The van der Waals surface area contributed by atoms with Crippen molar-refractivity contribution in [2.45, 2.75) is 0 Å². The summed E-state index contributed by atoms with van der Waals surface area (Å²) in [4.78, 5) is 19.5. The van der Waals surface area contributed by atoms with Gasteiger partial charge in [0.15, 0.2) is 23.2 Å². The Kier molecular flexibility index (Phi) is 9.12. The van der Waals surface area contributed by atoms with Gasteiger partial charge in [-0.3, -0.25) is 0 Å². The molecule has 0 bridgehead atoms. The minimum absolute atomic E-state index is 0.439. The van der Waals surface area contributed by atoms with E-state index in [0.717, 1.165) is 88.5 Å². The predicted molar refractivity (Wildman–Crippen MR) is 267 cm³/mol. The van der Waals surface area contributed by atoms with Crippen LogP contribution in [-0.2, 0) is 0 Å². The Morgan fingerprint density at radius 2 is 0.970 bits per heavy atom. The number of fused-ring (bicyclic) bond motifs is 6. The van der Waals surface area contributed by atoms with Crippen LogP contribution in [-0.4, -0.2) is 24.1 Å². The van der Waals surface area contributed by atoms with Crippen molar-refractivity contribution in [2.75, 3.05) is 0 Å². The molecule has 9 aromatic carbocycles. The van der Waals surface area contributed by atoms with Gasteiger partial charge in [0.25, 0.3) is 0 Å². The van der Waals surface area contributed by atoms with E-state index in [-0.39, 0.29) is 0 Å². The third-order valence-electron chi connectivity index (χ3n) is 12.4. The number of aromatic nitrogens is 5. The summed E-state index contributed by atoms with van der Waals surface area (Å²) in [6, 6.07) is 74.8. The Morgan fingerprint density at radius 3 is 1.65 bits per heavy atom. The average molecular weight is 842 g/mol. The van der Waals surface area contributed by atoms with Gasteiger partial charge in [-0.2, -0.15) is 5.26 Å². The highest BCUT2D eigenvalue weighted by Crippen LogP contribution is 2.43. The SMILES string of the molecule is [C-]#[N+]c1cc(C#N)ccc1-c1ccc2c(c1)c1ccccc1n2-c1ccc(-c2cccc3c4ccccc4n(-c4ccccc4)c23)cc1-c1nc(-c2ccccc2)nc(-c2ccccc2)n1. The summed E-state index contributed by atoms with van der Waals surface area (Å²) in [5.41, 5.74) is 13.5. The van der Waals surface area contributed by atoms with Gasteiger partial charge in [0.05, 0.1) is 40.4 Å². The number of benzene rings is 9. The summed E-state index contributed by atoms with van der Waals surface area (Å²) in [6.45, 7) is 7.96. The van der Waals surface area contributed by atoms with Gasteiger partial charge in [-0.15, -0.1) is 0 Å². The highest BCUT2D eigenvalue weighted by atomic mass is 15.1. The topological polar surface area (TPSA) is 76.7 Å². The lowest BCUT2D eigenvalue weighted by molar-refractivity contribution is 1.06. The molecule has 3 aromatic heterocycles. The van der Waals surface area contributed by atoms with E-state index in [9.17, 15) is 5.26 Å². The maximum Gasteiger partial charge on any atom is 0.196 e. The molecule has 0 aliphatic heterocycles. The van der Waals surface area contributed by atoms with Crippen molar-refractivity contribution in [3.8, 4) is 73.9 Å². The van der Waals surface area contributed by atoms with Crippen LogP contribution in [0.2, 0.25) is 0 Å². The molecule has 0 radical (unpaired) electrons. The fourth-order valence-electron chi connectivity index (χ4n) is 9.44. The molecule has 0 fully saturated rings. The number of para-hydroxylation sites is 4. The molecule has 0 amide bonds. The quantitative estimate of drug-likeness (QED) is 0.150. The van der Waals surface area contributed by atoms with Gasteiger partial charge in [-0.1, -0.05) is 152 Å². The highest BCUT2D eigenvalue weighted by Gasteiger charge is 2.23. The zero-order chi connectivity index (χ0) is 44.1. The summed E-state index contributed by atoms with van der Waals surface area (Å²) >= 11 is 0. The van der Waals surface area contributed by atoms with E-state index < -0.39 is 0 Å². The van der Waals surface area contributed by atoms with Crippen molar-refractivity contribution in [3.05, 3.63) is 229 Å². The minimum Gasteiger partial charge on any atom is -0.309 e. The third kappa shape index (κ3) is 6.31. The second kappa shape index (κ2) is 15.7. The largest absolute Gasteiger partial charge is 0.309 e. The van der Waals surface area contributed by atoms with Crippen LogP contribution in [0.4, 0.5) is 5.69 Å². The molecule has 66 heavy (non-hydrogen) atoms. The highest BCUT2D eigenvalue weighted by molar-refractivity contribution is 6.14. The van der Waals surface area contributed by atoms with Crippen LogP contribution in [0.3, 0.4) is 0 Å². The molecule has 0 aliphatic carbocycles. The predicted octanol–water partition coefficient (Wildman–Crippen LogP) is 14.8. The molecular weight excluding hydrogens is 807 g/mol. The lowest BCUT2D eigenvalue weighted by Gasteiger charge is -2.17. The van der Waals surface area contributed by atoms with Crippen LogP contribution in [0.1, 0.15) is 5.56 Å². The fourth-order valence-corrected chi connectivity index (χ4v) is 9.44. The van der Waals surface area contributed by atoms with E-state index in [1.807, 2.05) is 66.7 Å². The van der Waals surface area contributed by atoms with Crippen molar-refractivity contribution >= 4 is 49.3 Å². The molecule has 0 spiro atoms. The minimum atomic E-state index is 0.439. The van der Waals surface area contributed by atoms with Gasteiger partial charge >= 0.3 is 0 Å². The first kappa shape index (κ1) is 38.3. The van der Waals surface area contributed by atoms with E-state index in [2.05, 4.69) is 154 Å². The number of hydrogen-bond donors (Lipinski definition) is 0. The molecule has 7 heteroatoms. The number of rotatable bonds is 7. The Morgan fingerprint density at radius 1 is 0.409 bits per heavy atom. The van der Waals surface area contributed by atoms with Crippen LogP contribution < -0.4 is 0 Å².